The van der Waals surface area contributed by atoms with Gasteiger partial charge >= 0.3 is 0 Å². The molecule has 1 N–H and O–H groups in total. The predicted molar refractivity (Wildman–Crippen MR) is 107 cm³/mol. The summed E-state index contributed by atoms with van der Waals surface area (Å²) in [5.74, 6) is 0.422. The van der Waals surface area contributed by atoms with Crippen LogP contribution in [0, 0.1) is 13.8 Å². The van der Waals surface area contributed by atoms with Crippen LogP contribution >= 0.6 is 11.6 Å². The molecule has 0 saturated carbocycles. The Kier molecular flexibility index (Phi) is 5.59. The molecule has 4 heteroatoms. The van der Waals surface area contributed by atoms with Gasteiger partial charge in [-0.15, -0.1) is 0 Å². The minimum Gasteiger partial charge on any atom is -0.484 e. The van der Waals surface area contributed by atoms with Crippen LogP contribution in [0.4, 0.5) is 5.69 Å². The molecule has 0 aliphatic rings. The lowest BCUT2D eigenvalue weighted by atomic mass is 10.0. The van der Waals surface area contributed by atoms with E-state index in [9.17, 15) is 4.79 Å². The summed E-state index contributed by atoms with van der Waals surface area (Å²) >= 11 is 6.06. The fourth-order valence-corrected chi connectivity index (χ4v) is 2.69. The zero-order valence-electron chi connectivity index (χ0n) is 14.8. The average Bonchev–Trinajstić information content (AvgIpc) is 2.64. The van der Waals surface area contributed by atoms with E-state index in [4.69, 9.17) is 16.3 Å². The summed E-state index contributed by atoms with van der Waals surface area (Å²) in [6, 6.07) is 21.5. The van der Waals surface area contributed by atoms with Crippen molar-refractivity contribution in [2.45, 2.75) is 13.8 Å². The second-order valence-corrected chi connectivity index (χ2v) is 6.60. The molecule has 0 unspecified atom stereocenters. The normalized spacial score (nSPS) is 10.4. The van der Waals surface area contributed by atoms with Crippen LogP contribution in [-0.2, 0) is 4.79 Å². The van der Waals surface area contributed by atoms with Crippen molar-refractivity contribution >= 4 is 23.2 Å². The Labute approximate surface area is 158 Å². The molecular weight excluding hydrogens is 346 g/mol. The van der Waals surface area contributed by atoms with Crippen molar-refractivity contribution in [1.82, 2.24) is 0 Å². The molecular formula is C22H20ClNO2. The van der Waals surface area contributed by atoms with Crippen molar-refractivity contribution in [2.75, 3.05) is 11.9 Å². The summed E-state index contributed by atoms with van der Waals surface area (Å²) in [5.41, 5.74) is 5.11. The number of aryl methyl sites for hydroxylation is 2. The highest BCUT2D eigenvalue weighted by molar-refractivity contribution is 6.31. The molecule has 0 aromatic heterocycles. The molecule has 1 amide bonds. The van der Waals surface area contributed by atoms with Crippen molar-refractivity contribution in [3.63, 3.8) is 0 Å². The number of hydrogen-bond acceptors (Lipinski definition) is 2. The molecule has 0 aliphatic carbocycles. The van der Waals surface area contributed by atoms with E-state index in [0.717, 1.165) is 16.7 Å². The first-order valence-corrected chi connectivity index (χ1v) is 8.75. The minimum absolute atomic E-state index is 0.0601. The van der Waals surface area contributed by atoms with Crippen LogP contribution in [0.15, 0.2) is 66.7 Å². The third-order valence-corrected chi connectivity index (χ3v) is 4.47. The highest BCUT2D eigenvalue weighted by atomic mass is 35.5. The van der Waals surface area contributed by atoms with E-state index in [0.29, 0.717) is 16.5 Å². The van der Waals surface area contributed by atoms with Crippen molar-refractivity contribution in [2.24, 2.45) is 0 Å². The number of carbonyl (C=O) groups is 1. The van der Waals surface area contributed by atoms with Gasteiger partial charge in [-0.25, -0.2) is 0 Å². The molecule has 0 spiro atoms. The third kappa shape index (κ3) is 4.64. The van der Waals surface area contributed by atoms with Gasteiger partial charge in [0.1, 0.15) is 5.75 Å². The van der Waals surface area contributed by atoms with Crippen LogP contribution in [0.5, 0.6) is 5.75 Å². The van der Waals surface area contributed by atoms with Gasteiger partial charge in [-0.05, 0) is 54.8 Å². The smallest absolute Gasteiger partial charge is 0.262 e. The molecule has 0 radical (unpaired) electrons. The van der Waals surface area contributed by atoms with Gasteiger partial charge in [0.05, 0.1) is 0 Å². The summed E-state index contributed by atoms with van der Waals surface area (Å²) in [4.78, 5) is 12.0. The quantitative estimate of drug-likeness (QED) is 0.635. The molecule has 3 aromatic carbocycles. The Bertz CT molecular complexity index is 902. The molecule has 3 nitrogen and oxygen atoms in total. The fraction of sp³-hybridized carbons (Fsp3) is 0.136. The van der Waals surface area contributed by atoms with Gasteiger partial charge in [0, 0.05) is 10.7 Å². The number of carbonyl (C=O) groups excluding carboxylic acids is 1. The zero-order chi connectivity index (χ0) is 18.5. The summed E-state index contributed by atoms with van der Waals surface area (Å²) in [5, 5.41) is 3.40. The number of nitrogens with one attached hydrogen (secondary N) is 1. The van der Waals surface area contributed by atoms with Crippen LogP contribution in [0.3, 0.4) is 0 Å². The first kappa shape index (κ1) is 18.0. The molecule has 0 fully saturated rings. The second-order valence-electron chi connectivity index (χ2n) is 6.19. The van der Waals surface area contributed by atoms with Crippen LogP contribution in [0.2, 0.25) is 5.02 Å². The van der Waals surface area contributed by atoms with E-state index < -0.39 is 0 Å². The molecule has 0 saturated heterocycles. The van der Waals surface area contributed by atoms with Crippen LogP contribution in [0.1, 0.15) is 11.1 Å². The Hall–Kier alpha value is -2.78. The molecule has 0 aliphatic heterocycles. The molecule has 132 valence electrons. The average molecular weight is 366 g/mol. The van der Waals surface area contributed by atoms with Crippen LogP contribution < -0.4 is 10.1 Å². The monoisotopic (exact) mass is 365 g/mol. The van der Waals surface area contributed by atoms with Crippen molar-refractivity contribution < 1.29 is 9.53 Å². The SMILES string of the molecule is Cc1ccc(-c2ccc(OCC(=O)Nc3ccc(C)c(Cl)c3)cc2)cc1. The Balaban J connectivity index is 1.56. The molecule has 0 heterocycles. The molecule has 3 aromatic rings. The van der Waals surface area contributed by atoms with E-state index in [2.05, 4.69) is 36.5 Å². The molecule has 0 bridgehead atoms. The van der Waals surface area contributed by atoms with E-state index in [-0.39, 0.29) is 12.5 Å². The fourth-order valence-electron chi connectivity index (χ4n) is 2.51. The Morgan fingerprint density at radius 1 is 0.923 bits per heavy atom. The summed E-state index contributed by atoms with van der Waals surface area (Å²) in [6.45, 7) is 3.92. The topological polar surface area (TPSA) is 38.3 Å². The van der Waals surface area contributed by atoms with Gasteiger partial charge in [0.2, 0.25) is 0 Å². The Morgan fingerprint density at radius 3 is 2.15 bits per heavy atom. The van der Waals surface area contributed by atoms with Crippen LogP contribution in [0.25, 0.3) is 11.1 Å². The van der Waals surface area contributed by atoms with Gasteiger partial charge in [-0.1, -0.05) is 59.6 Å². The van der Waals surface area contributed by atoms with Gasteiger partial charge < -0.3 is 10.1 Å². The maximum atomic E-state index is 12.0. The maximum absolute atomic E-state index is 12.0. The number of benzene rings is 3. The highest BCUT2D eigenvalue weighted by Crippen LogP contribution is 2.23. The number of halogens is 1. The van der Waals surface area contributed by atoms with Crippen molar-refractivity contribution in [3.8, 4) is 16.9 Å². The van der Waals surface area contributed by atoms with Crippen LogP contribution in [-0.4, -0.2) is 12.5 Å². The first-order valence-electron chi connectivity index (χ1n) is 8.37. The predicted octanol–water partition coefficient (Wildman–Crippen LogP) is 5.64. The van der Waals surface area contributed by atoms with E-state index in [1.807, 2.05) is 43.3 Å². The summed E-state index contributed by atoms with van der Waals surface area (Å²) < 4.78 is 5.56. The first-order chi connectivity index (χ1) is 12.5. The van der Waals surface area contributed by atoms with Gasteiger partial charge in [-0.3, -0.25) is 4.79 Å². The lowest BCUT2D eigenvalue weighted by molar-refractivity contribution is -0.118. The Morgan fingerprint density at radius 2 is 1.54 bits per heavy atom. The summed E-state index contributed by atoms with van der Waals surface area (Å²) in [7, 11) is 0. The lowest BCUT2D eigenvalue weighted by Gasteiger charge is -2.09. The second kappa shape index (κ2) is 8.07. The number of ether oxygens (including phenoxy) is 1. The third-order valence-electron chi connectivity index (χ3n) is 4.06. The standard InChI is InChI=1S/C22H20ClNO2/c1-15-3-6-17(7-4-15)18-8-11-20(12-9-18)26-14-22(25)24-19-10-5-16(2)21(23)13-19/h3-13H,14H2,1-2H3,(H,24,25). The van der Waals surface area contributed by atoms with Crippen molar-refractivity contribution in [1.29, 1.82) is 0 Å². The molecule has 3 rings (SSSR count). The summed E-state index contributed by atoms with van der Waals surface area (Å²) in [6.07, 6.45) is 0. The largest absolute Gasteiger partial charge is 0.484 e. The number of amides is 1. The molecule has 0 atom stereocenters. The van der Waals surface area contributed by atoms with Crippen molar-refractivity contribution in [3.05, 3.63) is 82.9 Å². The minimum atomic E-state index is -0.229. The maximum Gasteiger partial charge on any atom is 0.262 e. The zero-order valence-corrected chi connectivity index (χ0v) is 15.5. The highest BCUT2D eigenvalue weighted by Gasteiger charge is 2.06. The van der Waals surface area contributed by atoms with Gasteiger partial charge in [-0.2, -0.15) is 0 Å². The van der Waals surface area contributed by atoms with Gasteiger partial charge in [0.25, 0.3) is 5.91 Å². The van der Waals surface area contributed by atoms with E-state index in [1.165, 1.54) is 5.56 Å². The van der Waals surface area contributed by atoms with E-state index in [1.54, 1.807) is 6.07 Å². The molecule has 26 heavy (non-hydrogen) atoms. The number of rotatable bonds is 5. The number of anilines is 1. The van der Waals surface area contributed by atoms with Gasteiger partial charge in [0.15, 0.2) is 6.61 Å². The lowest BCUT2D eigenvalue weighted by Crippen LogP contribution is -2.20. The van der Waals surface area contributed by atoms with E-state index >= 15 is 0 Å². The number of hydrogen-bond donors (Lipinski definition) is 1.